The second kappa shape index (κ2) is 6.77. The first kappa shape index (κ1) is 14.9. The zero-order valence-electron chi connectivity index (χ0n) is 11.8. The Morgan fingerprint density at radius 1 is 1.55 bits per heavy atom. The summed E-state index contributed by atoms with van der Waals surface area (Å²) in [4.78, 5) is 15.0. The van der Waals surface area contributed by atoms with E-state index in [1.54, 1.807) is 0 Å². The number of hydrogen-bond donors (Lipinski definition) is 1. The van der Waals surface area contributed by atoms with E-state index in [0.29, 0.717) is 11.4 Å². The molecule has 7 heteroatoms. The Labute approximate surface area is 122 Å². The number of nitrogens with zero attached hydrogens (tertiary/aromatic N) is 4. The van der Waals surface area contributed by atoms with Gasteiger partial charge in [-0.3, -0.25) is 9.69 Å². The lowest BCUT2D eigenvalue weighted by Gasteiger charge is -2.30. The van der Waals surface area contributed by atoms with Crippen LogP contribution in [-0.4, -0.2) is 46.1 Å². The smallest absolute Gasteiger partial charge is 0.265 e. The Bertz CT molecular complexity index is 499. The third kappa shape index (κ3) is 3.52. The molecule has 6 nitrogen and oxygen atoms in total. The highest BCUT2D eigenvalue weighted by Gasteiger charge is 2.24. The number of likely N-dealkylation sites (tertiary alicyclic amines) is 1. The number of piperidine rings is 1. The number of aromatic nitrogens is 2. The van der Waals surface area contributed by atoms with Crippen molar-refractivity contribution >= 4 is 17.4 Å². The molecule has 108 valence electrons. The first-order valence-corrected chi connectivity index (χ1v) is 7.61. The quantitative estimate of drug-likeness (QED) is 0.848. The van der Waals surface area contributed by atoms with Gasteiger partial charge in [0.15, 0.2) is 0 Å². The fourth-order valence-electron chi connectivity index (χ4n) is 2.32. The molecule has 1 saturated heterocycles. The molecular weight excluding hydrogens is 274 g/mol. The summed E-state index contributed by atoms with van der Waals surface area (Å²) in [6, 6.07) is 2.34. The van der Waals surface area contributed by atoms with E-state index < -0.39 is 0 Å². The average molecular weight is 293 g/mol. The van der Waals surface area contributed by atoms with Crippen molar-refractivity contribution in [2.24, 2.45) is 0 Å². The topological polar surface area (TPSA) is 81.9 Å². The molecule has 0 aliphatic carbocycles. The van der Waals surface area contributed by atoms with Crippen molar-refractivity contribution in [1.29, 1.82) is 5.26 Å². The molecule has 1 fully saturated rings. The van der Waals surface area contributed by atoms with Gasteiger partial charge in [0.1, 0.15) is 4.88 Å². The summed E-state index contributed by atoms with van der Waals surface area (Å²) in [5.74, 6) is 0.134. The minimum absolute atomic E-state index is 0.0672. The lowest BCUT2D eigenvalue weighted by molar-refractivity contribution is 0.0917. The van der Waals surface area contributed by atoms with Crippen molar-refractivity contribution in [3.63, 3.8) is 0 Å². The number of hydrogen-bond acceptors (Lipinski definition) is 6. The fourth-order valence-corrected chi connectivity index (χ4v) is 3.04. The van der Waals surface area contributed by atoms with E-state index in [-0.39, 0.29) is 17.9 Å². The normalized spacial score (nSPS) is 17.1. The van der Waals surface area contributed by atoms with Crippen LogP contribution in [0.25, 0.3) is 0 Å². The number of rotatable bonds is 4. The summed E-state index contributed by atoms with van der Waals surface area (Å²) in [7, 11) is 0. The Morgan fingerprint density at radius 2 is 2.25 bits per heavy atom. The van der Waals surface area contributed by atoms with Crippen LogP contribution in [0.4, 0.5) is 0 Å². The maximum atomic E-state index is 12.3. The van der Waals surface area contributed by atoms with Crippen LogP contribution in [0.1, 0.15) is 48.0 Å². The summed E-state index contributed by atoms with van der Waals surface area (Å²) in [5.41, 5.74) is 0.773. The van der Waals surface area contributed by atoms with Gasteiger partial charge < -0.3 is 5.32 Å². The van der Waals surface area contributed by atoms with Crippen LogP contribution in [0.15, 0.2) is 0 Å². The molecule has 1 aliphatic rings. The van der Waals surface area contributed by atoms with E-state index in [9.17, 15) is 4.79 Å². The maximum Gasteiger partial charge on any atom is 0.265 e. The summed E-state index contributed by atoms with van der Waals surface area (Å²) < 4.78 is 3.88. The number of nitrogens with one attached hydrogen (secondary N) is 1. The molecule has 0 radical (unpaired) electrons. The highest BCUT2D eigenvalue weighted by atomic mass is 32.1. The van der Waals surface area contributed by atoms with E-state index >= 15 is 0 Å². The predicted molar refractivity (Wildman–Crippen MR) is 76.5 cm³/mol. The van der Waals surface area contributed by atoms with Gasteiger partial charge in [-0.05, 0) is 30.3 Å². The van der Waals surface area contributed by atoms with Crippen LogP contribution in [0.5, 0.6) is 0 Å². The zero-order chi connectivity index (χ0) is 14.5. The highest BCUT2D eigenvalue weighted by molar-refractivity contribution is 7.08. The Balaban J connectivity index is 1.90. The molecule has 2 heterocycles. The molecule has 20 heavy (non-hydrogen) atoms. The summed E-state index contributed by atoms with van der Waals surface area (Å²) >= 11 is 1.16. The molecule has 0 unspecified atom stereocenters. The molecule has 1 aliphatic heterocycles. The van der Waals surface area contributed by atoms with Crippen molar-refractivity contribution in [3.8, 4) is 6.07 Å². The Hall–Kier alpha value is -1.52. The van der Waals surface area contributed by atoms with Gasteiger partial charge in [-0.15, -0.1) is 5.10 Å². The van der Waals surface area contributed by atoms with E-state index in [1.807, 2.05) is 13.8 Å². The van der Waals surface area contributed by atoms with Gasteiger partial charge in [0.25, 0.3) is 5.91 Å². The minimum atomic E-state index is -0.0672. The van der Waals surface area contributed by atoms with Crippen molar-refractivity contribution in [3.05, 3.63) is 10.6 Å². The molecule has 0 aromatic carbocycles. The van der Waals surface area contributed by atoms with Crippen molar-refractivity contribution in [2.75, 3.05) is 19.6 Å². The van der Waals surface area contributed by atoms with E-state index in [1.165, 1.54) is 0 Å². The van der Waals surface area contributed by atoms with Crippen molar-refractivity contribution in [2.45, 2.75) is 38.6 Å². The van der Waals surface area contributed by atoms with Crippen LogP contribution in [0.2, 0.25) is 0 Å². The molecular formula is C13H19N5OS. The van der Waals surface area contributed by atoms with Gasteiger partial charge in [0.2, 0.25) is 0 Å². The third-order valence-corrected chi connectivity index (χ3v) is 4.22. The molecule has 0 bridgehead atoms. The molecule has 2 rings (SSSR count). The number of carbonyl (C=O) groups is 1. The molecule has 1 aromatic heterocycles. The Kier molecular flexibility index (Phi) is 5.04. The first-order valence-electron chi connectivity index (χ1n) is 6.84. The van der Waals surface area contributed by atoms with E-state index in [0.717, 1.165) is 43.2 Å². The summed E-state index contributed by atoms with van der Waals surface area (Å²) in [6.07, 6.45) is 1.77. The summed E-state index contributed by atoms with van der Waals surface area (Å²) in [6.45, 7) is 6.20. The van der Waals surface area contributed by atoms with Crippen molar-refractivity contribution < 1.29 is 4.79 Å². The van der Waals surface area contributed by atoms with Crippen molar-refractivity contribution in [1.82, 2.24) is 19.8 Å². The molecule has 0 spiro atoms. The van der Waals surface area contributed by atoms with Crippen LogP contribution in [-0.2, 0) is 0 Å². The minimum Gasteiger partial charge on any atom is -0.348 e. The van der Waals surface area contributed by atoms with Crippen LogP contribution >= 0.6 is 11.5 Å². The van der Waals surface area contributed by atoms with Crippen LogP contribution in [0.3, 0.4) is 0 Å². The predicted octanol–water partition coefficient (Wildman–Crippen LogP) is 1.38. The number of carbonyl (C=O) groups excluding carboxylic acids is 1. The largest absolute Gasteiger partial charge is 0.348 e. The SMILES string of the molecule is CC(C)c1nnsc1C(=O)NC1CCN(CC#N)CC1. The van der Waals surface area contributed by atoms with Gasteiger partial charge in [-0.2, -0.15) is 5.26 Å². The van der Waals surface area contributed by atoms with E-state index in [2.05, 4.69) is 25.9 Å². The van der Waals surface area contributed by atoms with Gasteiger partial charge in [-0.1, -0.05) is 18.3 Å². The second-order valence-electron chi connectivity index (χ2n) is 5.32. The van der Waals surface area contributed by atoms with Crippen LogP contribution in [0, 0.1) is 11.3 Å². The van der Waals surface area contributed by atoms with Gasteiger partial charge >= 0.3 is 0 Å². The third-order valence-electron chi connectivity index (χ3n) is 3.48. The first-order chi connectivity index (χ1) is 9.61. The standard InChI is InChI=1S/C13H19N5OS/c1-9(2)11-12(20-17-16-11)13(19)15-10-3-6-18(7-4-10)8-5-14/h9-10H,3-4,6-8H2,1-2H3,(H,15,19). The molecule has 1 amide bonds. The number of amides is 1. The maximum absolute atomic E-state index is 12.3. The lowest BCUT2D eigenvalue weighted by Crippen LogP contribution is -2.44. The second-order valence-corrected chi connectivity index (χ2v) is 6.08. The van der Waals surface area contributed by atoms with E-state index in [4.69, 9.17) is 5.26 Å². The molecule has 1 N–H and O–H groups in total. The fraction of sp³-hybridized carbons (Fsp3) is 0.692. The molecule has 1 aromatic rings. The van der Waals surface area contributed by atoms with Gasteiger partial charge in [-0.25, -0.2) is 0 Å². The lowest BCUT2D eigenvalue weighted by atomic mass is 10.0. The number of nitriles is 1. The van der Waals surface area contributed by atoms with Gasteiger partial charge in [0.05, 0.1) is 18.3 Å². The summed E-state index contributed by atoms with van der Waals surface area (Å²) in [5, 5.41) is 15.8. The average Bonchev–Trinajstić information content (AvgIpc) is 2.91. The molecule has 0 saturated carbocycles. The Morgan fingerprint density at radius 3 is 2.85 bits per heavy atom. The zero-order valence-corrected chi connectivity index (χ0v) is 12.6. The highest BCUT2D eigenvalue weighted by Crippen LogP contribution is 2.20. The van der Waals surface area contributed by atoms with Crippen LogP contribution < -0.4 is 5.32 Å². The molecule has 0 atom stereocenters. The monoisotopic (exact) mass is 293 g/mol. The van der Waals surface area contributed by atoms with Gasteiger partial charge in [0, 0.05) is 19.1 Å².